The summed E-state index contributed by atoms with van der Waals surface area (Å²) in [5, 5.41) is 0. The van der Waals surface area contributed by atoms with E-state index >= 15 is 0 Å². The van der Waals surface area contributed by atoms with Crippen molar-refractivity contribution in [2.24, 2.45) is 0 Å². The van der Waals surface area contributed by atoms with Gasteiger partial charge in [0.05, 0.1) is 24.3 Å². The standard InChI is InChI=1S/C14H17NO3/c1-4-9(12(16)5-2)10-7-6-8-11(13(10)15)14(17)18-3/h4,6-9H,1,5,15H2,2-3H3. The number of Topliss-reactive ketones (excluding diaryl/α,β-unsaturated/α-hetero) is 1. The Labute approximate surface area is 106 Å². The Balaban J connectivity index is 3.29. The number of ketones is 1. The molecule has 0 saturated heterocycles. The highest BCUT2D eigenvalue weighted by molar-refractivity contribution is 5.98. The Morgan fingerprint density at radius 1 is 1.50 bits per heavy atom. The van der Waals surface area contributed by atoms with Crippen molar-refractivity contribution in [2.45, 2.75) is 19.3 Å². The van der Waals surface area contributed by atoms with Gasteiger partial charge in [-0.2, -0.15) is 0 Å². The Bertz CT molecular complexity index is 480. The van der Waals surface area contributed by atoms with Crippen LogP contribution < -0.4 is 5.73 Å². The van der Waals surface area contributed by atoms with Gasteiger partial charge in [0.2, 0.25) is 0 Å². The first-order chi connectivity index (χ1) is 8.56. The first kappa shape index (κ1) is 14.0. The number of nitrogens with two attached hydrogens (primary N) is 1. The van der Waals surface area contributed by atoms with Crippen molar-refractivity contribution in [2.75, 3.05) is 12.8 Å². The summed E-state index contributed by atoms with van der Waals surface area (Å²) in [4.78, 5) is 23.3. The van der Waals surface area contributed by atoms with Crippen LogP contribution in [0.25, 0.3) is 0 Å². The predicted octanol–water partition coefficient (Wildman–Crippen LogP) is 2.30. The third kappa shape index (κ3) is 2.59. The Kier molecular flexibility index (Phi) is 4.66. The number of anilines is 1. The Morgan fingerprint density at radius 3 is 2.67 bits per heavy atom. The van der Waals surface area contributed by atoms with Crippen molar-refractivity contribution >= 4 is 17.4 Å². The minimum Gasteiger partial charge on any atom is -0.465 e. The second-order valence-corrected chi connectivity index (χ2v) is 3.83. The van der Waals surface area contributed by atoms with Crippen LogP contribution >= 0.6 is 0 Å². The van der Waals surface area contributed by atoms with Gasteiger partial charge in [-0.25, -0.2) is 4.79 Å². The molecule has 1 unspecified atom stereocenters. The molecule has 1 aromatic carbocycles. The van der Waals surface area contributed by atoms with Crippen molar-refractivity contribution in [3.8, 4) is 0 Å². The van der Waals surface area contributed by atoms with E-state index in [1.54, 1.807) is 31.2 Å². The van der Waals surface area contributed by atoms with E-state index in [9.17, 15) is 9.59 Å². The molecule has 0 radical (unpaired) electrons. The Morgan fingerprint density at radius 2 is 2.17 bits per heavy atom. The third-order valence-corrected chi connectivity index (χ3v) is 2.81. The van der Waals surface area contributed by atoms with Crippen molar-refractivity contribution < 1.29 is 14.3 Å². The number of carbonyl (C=O) groups excluding carboxylic acids is 2. The van der Waals surface area contributed by atoms with Gasteiger partial charge in [0.25, 0.3) is 0 Å². The lowest BCUT2D eigenvalue weighted by molar-refractivity contribution is -0.119. The topological polar surface area (TPSA) is 69.4 Å². The van der Waals surface area contributed by atoms with Gasteiger partial charge in [0.1, 0.15) is 5.78 Å². The zero-order valence-electron chi connectivity index (χ0n) is 10.6. The summed E-state index contributed by atoms with van der Waals surface area (Å²) < 4.78 is 4.64. The number of benzene rings is 1. The molecule has 0 fully saturated rings. The molecule has 1 rings (SSSR count). The first-order valence-electron chi connectivity index (χ1n) is 5.68. The molecule has 1 aromatic rings. The first-order valence-corrected chi connectivity index (χ1v) is 5.68. The van der Waals surface area contributed by atoms with Crippen LogP contribution in [0.1, 0.15) is 35.2 Å². The van der Waals surface area contributed by atoms with Gasteiger partial charge in [0.15, 0.2) is 0 Å². The van der Waals surface area contributed by atoms with Crippen LogP contribution in [0.15, 0.2) is 30.9 Å². The molecule has 0 amide bonds. The molecule has 18 heavy (non-hydrogen) atoms. The van der Waals surface area contributed by atoms with E-state index in [0.29, 0.717) is 12.0 Å². The number of esters is 1. The summed E-state index contributed by atoms with van der Waals surface area (Å²) in [5.74, 6) is -0.987. The van der Waals surface area contributed by atoms with Gasteiger partial charge in [0, 0.05) is 6.42 Å². The second-order valence-electron chi connectivity index (χ2n) is 3.83. The summed E-state index contributed by atoms with van der Waals surface area (Å²) >= 11 is 0. The maximum atomic E-state index is 11.8. The van der Waals surface area contributed by atoms with E-state index in [4.69, 9.17) is 5.73 Å². The molecular weight excluding hydrogens is 230 g/mol. The van der Waals surface area contributed by atoms with Crippen LogP contribution in [0.2, 0.25) is 0 Å². The average Bonchev–Trinajstić information content (AvgIpc) is 2.40. The fraction of sp³-hybridized carbons (Fsp3) is 0.286. The van der Waals surface area contributed by atoms with Gasteiger partial charge >= 0.3 is 5.97 Å². The van der Waals surface area contributed by atoms with E-state index < -0.39 is 11.9 Å². The maximum Gasteiger partial charge on any atom is 0.339 e. The second kappa shape index (κ2) is 6.00. The summed E-state index contributed by atoms with van der Waals surface area (Å²) in [7, 11) is 1.29. The molecule has 96 valence electrons. The molecule has 0 saturated carbocycles. The number of ether oxygens (including phenoxy) is 1. The number of allylic oxidation sites excluding steroid dienone is 1. The third-order valence-electron chi connectivity index (χ3n) is 2.81. The average molecular weight is 247 g/mol. The van der Waals surface area contributed by atoms with Crippen LogP contribution in [0.3, 0.4) is 0 Å². The molecule has 4 nitrogen and oxygen atoms in total. The Hall–Kier alpha value is -2.10. The summed E-state index contributed by atoms with van der Waals surface area (Å²) in [6.07, 6.45) is 1.93. The molecular formula is C14H17NO3. The van der Waals surface area contributed by atoms with Crippen molar-refractivity contribution in [3.63, 3.8) is 0 Å². The zero-order chi connectivity index (χ0) is 13.7. The largest absolute Gasteiger partial charge is 0.465 e. The smallest absolute Gasteiger partial charge is 0.339 e. The van der Waals surface area contributed by atoms with Crippen LogP contribution in [0, 0.1) is 0 Å². The SMILES string of the molecule is C=CC(C(=O)CC)c1cccc(C(=O)OC)c1N. The van der Waals surface area contributed by atoms with Crippen LogP contribution in [0.5, 0.6) is 0 Å². The molecule has 1 atom stereocenters. The molecule has 0 bridgehead atoms. The summed E-state index contributed by atoms with van der Waals surface area (Å²) in [5.41, 5.74) is 7.07. The van der Waals surface area contributed by atoms with E-state index in [2.05, 4.69) is 11.3 Å². The van der Waals surface area contributed by atoms with E-state index in [0.717, 1.165) is 0 Å². The van der Waals surface area contributed by atoms with Gasteiger partial charge < -0.3 is 10.5 Å². The highest BCUT2D eigenvalue weighted by Gasteiger charge is 2.21. The van der Waals surface area contributed by atoms with E-state index in [-0.39, 0.29) is 17.0 Å². The van der Waals surface area contributed by atoms with Gasteiger partial charge in [-0.05, 0) is 11.6 Å². The zero-order valence-corrected chi connectivity index (χ0v) is 10.6. The molecule has 4 heteroatoms. The number of hydrogen-bond acceptors (Lipinski definition) is 4. The number of para-hydroxylation sites is 1. The molecule has 0 heterocycles. The molecule has 2 N–H and O–H groups in total. The lowest BCUT2D eigenvalue weighted by Crippen LogP contribution is -2.14. The summed E-state index contributed by atoms with van der Waals surface area (Å²) in [6, 6.07) is 4.97. The van der Waals surface area contributed by atoms with E-state index in [1.165, 1.54) is 7.11 Å². The minimum absolute atomic E-state index is 0.0127. The normalized spacial score (nSPS) is 11.7. The minimum atomic E-state index is -0.513. The fourth-order valence-electron chi connectivity index (χ4n) is 1.79. The monoisotopic (exact) mass is 247 g/mol. The maximum absolute atomic E-state index is 11.8. The van der Waals surface area contributed by atoms with Crippen molar-refractivity contribution in [1.82, 2.24) is 0 Å². The van der Waals surface area contributed by atoms with Crippen LogP contribution in [0.4, 0.5) is 5.69 Å². The number of nitrogen functional groups attached to an aromatic ring is 1. The van der Waals surface area contributed by atoms with Crippen molar-refractivity contribution in [1.29, 1.82) is 0 Å². The fourth-order valence-corrected chi connectivity index (χ4v) is 1.79. The van der Waals surface area contributed by atoms with Gasteiger partial charge in [-0.3, -0.25) is 4.79 Å². The molecule has 0 aromatic heterocycles. The highest BCUT2D eigenvalue weighted by Crippen LogP contribution is 2.28. The lowest BCUT2D eigenvalue weighted by atomic mass is 9.90. The lowest BCUT2D eigenvalue weighted by Gasteiger charge is -2.15. The van der Waals surface area contributed by atoms with Crippen LogP contribution in [-0.2, 0) is 9.53 Å². The quantitative estimate of drug-likeness (QED) is 0.492. The number of rotatable bonds is 5. The molecule has 0 aliphatic rings. The van der Waals surface area contributed by atoms with Crippen molar-refractivity contribution in [3.05, 3.63) is 42.0 Å². The highest BCUT2D eigenvalue weighted by atomic mass is 16.5. The number of hydrogen-bond donors (Lipinski definition) is 1. The molecule has 0 aliphatic heterocycles. The van der Waals surface area contributed by atoms with Gasteiger partial charge in [-0.1, -0.05) is 25.1 Å². The molecule has 0 spiro atoms. The van der Waals surface area contributed by atoms with E-state index in [1.807, 2.05) is 0 Å². The number of methoxy groups -OCH3 is 1. The predicted molar refractivity (Wildman–Crippen MR) is 70.4 cm³/mol. The van der Waals surface area contributed by atoms with Crippen LogP contribution in [-0.4, -0.2) is 18.9 Å². The molecule has 0 aliphatic carbocycles. The number of carbonyl (C=O) groups is 2. The summed E-state index contributed by atoms with van der Waals surface area (Å²) in [6.45, 7) is 5.43. The van der Waals surface area contributed by atoms with Gasteiger partial charge in [-0.15, -0.1) is 6.58 Å².